The molecule has 1 aromatic rings. The molecule has 0 saturated carbocycles. The number of rotatable bonds is 1. The molecule has 1 aliphatic carbocycles. The number of ether oxygens (including phenoxy) is 3. The summed E-state index contributed by atoms with van der Waals surface area (Å²) in [5, 5.41) is 3.50. The molecule has 5 heteroatoms. The zero-order valence-electron chi connectivity index (χ0n) is 14.0. The summed E-state index contributed by atoms with van der Waals surface area (Å²) in [4.78, 5) is 12.9. The summed E-state index contributed by atoms with van der Waals surface area (Å²) < 4.78 is 16.5. The van der Waals surface area contributed by atoms with Gasteiger partial charge in [0.15, 0.2) is 17.3 Å². The summed E-state index contributed by atoms with van der Waals surface area (Å²) in [5.41, 5.74) is 2.24. The third-order valence-electron chi connectivity index (χ3n) is 5.21. The van der Waals surface area contributed by atoms with Crippen molar-refractivity contribution in [3.63, 3.8) is 0 Å². The SMILES string of the molecule is COC1=C[C@@H]2CCCNCCc3cc4c(cc3C(C2)C1=O)OCO4. The molecule has 0 aromatic heterocycles. The van der Waals surface area contributed by atoms with Crippen LogP contribution in [0.2, 0.25) is 0 Å². The summed E-state index contributed by atoms with van der Waals surface area (Å²) in [6.07, 6.45) is 5.93. The summed E-state index contributed by atoms with van der Waals surface area (Å²) in [6.45, 7) is 2.16. The molecule has 0 amide bonds. The smallest absolute Gasteiger partial charge is 0.231 e. The zero-order valence-corrected chi connectivity index (χ0v) is 14.0. The number of Topliss-reactive ketones (excluding diaryl/α,β-unsaturated/α-hetero) is 1. The van der Waals surface area contributed by atoms with E-state index < -0.39 is 0 Å². The van der Waals surface area contributed by atoms with E-state index in [1.165, 1.54) is 5.56 Å². The molecule has 0 saturated heterocycles. The van der Waals surface area contributed by atoms with Gasteiger partial charge in [-0.05, 0) is 74.0 Å². The Bertz CT molecular complexity index is 682. The summed E-state index contributed by atoms with van der Waals surface area (Å²) in [6, 6.07) is 4.05. The van der Waals surface area contributed by atoms with Crippen LogP contribution in [0.15, 0.2) is 24.0 Å². The molecule has 2 aliphatic heterocycles. The van der Waals surface area contributed by atoms with Gasteiger partial charge in [0, 0.05) is 0 Å². The van der Waals surface area contributed by atoms with Crippen molar-refractivity contribution in [2.24, 2.45) is 5.92 Å². The number of ketones is 1. The lowest BCUT2D eigenvalue weighted by molar-refractivity contribution is -0.120. The van der Waals surface area contributed by atoms with E-state index in [9.17, 15) is 4.79 Å². The molecule has 24 heavy (non-hydrogen) atoms. The average molecular weight is 329 g/mol. The average Bonchev–Trinajstić information content (AvgIpc) is 3.04. The Balaban J connectivity index is 1.79. The van der Waals surface area contributed by atoms with Crippen LogP contribution in [0.4, 0.5) is 0 Å². The fourth-order valence-corrected chi connectivity index (χ4v) is 3.96. The Kier molecular flexibility index (Phi) is 4.19. The molecule has 0 fully saturated rings. The van der Waals surface area contributed by atoms with Gasteiger partial charge in [-0.25, -0.2) is 0 Å². The van der Waals surface area contributed by atoms with E-state index >= 15 is 0 Å². The van der Waals surface area contributed by atoms with Crippen LogP contribution in [0, 0.1) is 5.92 Å². The zero-order chi connectivity index (χ0) is 16.5. The van der Waals surface area contributed by atoms with Gasteiger partial charge < -0.3 is 19.5 Å². The molecule has 1 N–H and O–H groups in total. The Morgan fingerprint density at radius 1 is 1.21 bits per heavy atom. The molecule has 0 spiro atoms. The van der Waals surface area contributed by atoms with Crippen LogP contribution in [-0.4, -0.2) is 32.8 Å². The van der Waals surface area contributed by atoms with Gasteiger partial charge in [0.05, 0.1) is 13.0 Å². The number of carbonyl (C=O) groups excluding carboxylic acids is 1. The van der Waals surface area contributed by atoms with Gasteiger partial charge in [0.1, 0.15) is 0 Å². The number of hydrogen-bond acceptors (Lipinski definition) is 5. The first kappa shape index (κ1) is 15.5. The minimum Gasteiger partial charge on any atom is -0.493 e. The molecule has 3 aliphatic rings. The number of nitrogens with one attached hydrogen (secondary N) is 1. The molecule has 2 heterocycles. The lowest BCUT2D eigenvalue weighted by atomic mass is 9.77. The normalized spacial score (nSPS) is 26.2. The molecule has 2 atom stereocenters. The van der Waals surface area contributed by atoms with Crippen LogP contribution in [0.25, 0.3) is 0 Å². The maximum atomic E-state index is 12.9. The maximum Gasteiger partial charge on any atom is 0.231 e. The highest BCUT2D eigenvalue weighted by Gasteiger charge is 2.34. The number of benzene rings is 1. The predicted molar refractivity (Wildman–Crippen MR) is 89.3 cm³/mol. The monoisotopic (exact) mass is 329 g/mol. The van der Waals surface area contributed by atoms with Crippen molar-refractivity contribution in [3.8, 4) is 11.5 Å². The molecule has 4 rings (SSSR count). The second-order valence-electron chi connectivity index (χ2n) is 6.69. The van der Waals surface area contributed by atoms with Crippen molar-refractivity contribution in [3.05, 3.63) is 35.1 Å². The highest BCUT2D eigenvalue weighted by molar-refractivity contribution is 6.00. The van der Waals surface area contributed by atoms with E-state index in [2.05, 4.69) is 5.32 Å². The first-order chi connectivity index (χ1) is 11.8. The maximum absolute atomic E-state index is 12.9. The quantitative estimate of drug-likeness (QED) is 0.858. The predicted octanol–water partition coefficient (Wildman–Crippen LogP) is 2.54. The highest BCUT2D eigenvalue weighted by atomic mass is 16.7. The lowest BCUT2D eigenvalue weighted by Crippen LogP contribution is -2.25. The third kappa shape index (κ3) is 2.77. The summed E-state index contributed by atoms with van der Waals surface area (Å²) >= 11 is 0. The molecule has 1 unspecified atom stereocenters. The molecule has 5 nitrogen and oxygen atoms in total. The number of fused-ring (bicyclic) bond motifs is 5. The fourth-order valence-electron chi connectivity index (χ4n) is 3.96. The van der Waals surface area contributed by atoms with Crippen molar-refractivity contribution in [1.82, 2.24) is 5.32 Å². The molecule has 128 valence electrons. The van der Waals surface area contributed by atoms with Crippen LogP contribution in [0.1, 0.15) is 36.3 Å². The van der Waals surface area contributed by atoms with Crippen molar-refractivity contribution >= 4 is 5.78 Å². The van der Waals surface area contributed by atoms with E-state index in [4.69, 9.17) is 14.2 Å². The minimum atomic E-state index is -0.155. The van der Waals surface area contributed by atoms with Gasteiger partial charge in [-0.15, -0.1) is 0 Å². The van der Waals surface area contributed by atoms with Gasteiger partial charge in [-0.1, -0.05) is 0 Å². The van der Waals surface area contributed by atoms with Crippen molar-refractivity contribution in [2.45, 2.75) is 31.6 Å². The van der Waals surface area contributed by atoms with Crippen LogP contribution in [0.5, 0.6) is 11.5 Å². The Hall–Kier alpha value is -2.01. The van der Waals surface area contributed by atoms with E-state index in [1.54, 1.807) is 7.11 Å². The number of hydrogen-bond donors (Lipinski definition) is 1. The van der Waals surface area contributed by atoms with E-state index in [1.807, 2.05) is 18.2 Å². The molecule has 2 bridgehead atoms. The fraction of sp³-hybridized carbons (Fsp3) is 0.526. The van der Waals surface area contributed by atoms with Crippen LogP contribution in [0.3, 0.4) is 0 Å². The lowest BCUT2D eigenvalue weighted by Gasteiger charge is -2.28. The van der Waals surface area contributed by atoms with Crippen molar-refractivity contribution in [2.75, 3.05) is 27.0 Å². The molecular weight excluding hydrogens is 306 g/mol. The Morgan fingerprint density at radius 2 is 2.04 bits per heavy atom. The second-order valence-corrected chi connectivity index (χ2v) is 6.69. The van der Waals surface area contributed by atoms with Gasteiger partial charge in [-0.3, -0.25) is 4.79 Å². The highest BCUT2D eigenvalue weighted by Crippen LogP contribution is 2.42. The van der Waals surface area contributed by atoms with Gasteiger partial charge in [-0.2, -0.15) is 0 Å². The van der Waals surface area contributed by atoms with Crippen LogP contribution < -0.4 is 14.8 Å². The van der Waals surface area contributed by atoms with Crippen molar-refractivity contribution < 1.29 is 19.0 Å². The molecule has 0 radical (unpaired) electrons. The summed E-state index contributed by atoms with van der Waals surface area (Å²) in [5.74, 6) is 2.34. The van der Waals surface area contributed by atoms with Crippen LogP contribution in [-0.2, 0) is 16.0 Å². The number of carbonyl (C=O) groups is 1. The van der Waals surface area contributed by atoms with E-state index in [0.29, 0.717) is 11.7 Å². The largest absolute Gasteiger partial charge is 0.493 e. The van der Waals surface area contributed by atoms with Gasteiger partial charge in [0.25, 0.3) is 0 Å². The second kappa shape index (κ2) is 6.48. The Morgan fingerprint density at radius 3 is 2.88 bits per heavy atom. The van der Waals surface area contributed by atoms with E-state index in [-0.39, 0.29) is 18.5 Å². The Labute approximate surface area is 142 Å². The summed E-state index contributed by atoms with van der Waals surface area (Å²) in [7, 11) is 1.59. The van der Waals surface area contributed by atoms with E-state index in [0.717, 1.165) is 55.8 Å². The third-order valence-corrected chi connectivity index (χ3v) is 5.21. The number of methoxy groups -OCH3 is 1. The first-order valence-electron chi connectivity index (χ1n) is 8.69. The number of allylic oxidation sites excluding steroid dienone is 2. The minimum absolute atomic E-state index is 0.0843. The molecular formula is C19H23NO4. The molecule has 1 aromatic carbocycles. The van der Waals surface area contributed by atoms with Gasteiger partial charge >= 0.3 is 0 Å². The standard InChI is InChI=1S/C19H23NO4/c1-22-18-8-12-3-2-5-20-6-4-13-9-16-17(24-11-23-16)10-14(13)15(7-12)19(18)21/h8-10,12,15,20H,2-7,11H2,1H3/t12-,15?/m1/s1. The first-order valence-corrected chi connectivity index (χ1v) is 8.69. The topological polar surface area (TPSA) is 56.8 Å². The van der Waals surface area contributed by atoms with Gasteiger partial charge in [0.2, 0.25) is 12.6 Å². The van der Waals surface area contributed by atoms with Crippen LogP contribution >= 0.6 is 0 Å². The van der Waals surface area contributed by atoms with Crippen molar-refractivity contribution in [1.29, 1.82) is 0 Å².